The molecule has 2 aliphatic heterocycles. The third-order valence-electron chi connectivity index (χ3n) is 6.92. The molecule has 3 heterocycles. The molecule has 8 nitrogen and oxygen atoms in total. The van der Waals surface area contributed by atoms with Crippen LogP contribution in [-0.2, 0) is 0 Å². The highest BCUT2D eigenvalue weighted by Crippen LogP contribution is 2.28. The maximum absolute atomic E-state index is 13.0. The highest BCUT2D eigenvalue weighted by atomic mass is 35.5. The SMILES string of the molecule is C[C@@H]1CN(c2ccc(C#N)c(Cl)c2)[C@@H](C)CN1C(=O)Nc1ccc(N2CCC(CN)CC2)nc1. The average Bonchev–Trinajstić information content (AvgIpc) is 2.85. The largest absolute Gasteiger partial charge is 0.365 e. The number of nitrogens with zero attached hydrogens (tertiary/aromatic N) is 5. The fourth-order valence-corrected chi connectivity index (χ4v) is 5.00. The standard InChI is InChI=1S/C25H32ClN7O/c1-17-16-33(18(2)15-32(17)22-5-3-20(13-28)23(26)11-22)25(34)30-21-4-6-24(29-14-21)31-9-7-19(12-27)8-10-31/h3-6,11,14,17-19H,7-10,12,15-16,27H2,1-2H3,(H,30,34)/t17-,18+/m0/s1. The van der Waals surface area contributed by atoms with Crippen molar-refractivity contribution in [3.8, 4) is 6.07 Å². The Kier molecular flexibility index (Phi) is 7.44. The lowest BCUT2D eigenvalue weighted by molar-refractivity contribution is 0.173. The second-order valence-corrected chi connectivity index (χ2v) is 9.69. The quantitative estimate of drug-likeness (QED) is 0.686. The van der Waals surface area contributed by atoms with Gasteiger partial charge < -0.3 is 25.8 Å². The predicted molar refractivity (Wildman–Crippen MR) is 136 cm³/mol. The molecule has 1 aromatic carbocycles. The summed E-state index contributed by atoms with van der Waals surface area (Å²) in [5.74, 6) is 1.54. The van der Waals surface area contributed by atoms with E-state index in [1.54, 1.807) is 12.3 Å². The summed E-state index contributed by atoms with van der Waals surface area (Å²) < 4.78 is 0. The van der Waals surface area contributed by atoms with Gasteiger partial charge in [-0.3, -0.25) is 0 Å². The molecule has 0 aliphatic carbocycles. The summed E-state index contributed by atoms with van der Waals surface area (Å²) in [6.45, 7) is 8.05. The predicted octanol–water partition coefficient (Wildman–Crippen LogP) is 3.91. The Morgan fingerprint density at radius 2 is 1.97 bits per heavy atom. The van der Waals surface area contributed by atoms with Crippen LogP contribution in [0.2, 0.25) is 5.02 Å². The number of benzene rings is 1. The molecule has 180 valence electrons. The molecule has 2 atom stereocenters. The maximum atomic E-state index is 13.0. The normalized spacial score (nSPS) is 21.3. The number of amides is 2. The van der Waals surface area contributed by atoms with Gasteiger partial charge in [0.05, 0.1) is 22.5 Å². The van der Waals surface area contributed by atoms with Gasteiger partial charge in [0.1, 0.15) is 11.9 Å². The lowest BCUT2D eigenvalue weighted by Gasteiger charge is -2.45. The number of pyridine rings is 1. The third-order valence-corrected chi connectivity index (χ3v) is 7.24. The number of anilines is 3. The minimum Gasteiger partial charge on any atom is -0.365 e. The number of nitriles is 1. The van der Waals surface area contributed by atoms with E-state index >= 15 is 0 Å². The number of rotatable bonds is 4. The van der Waals surface area contributed by atoms with Crippen molar-refractivity contribution < 1.29 is 4.79 Å². The van der Waals surface area contributed by atoms with Crippen molar-refractivity contribution in [1.82, 2.24) is 9.88 Å². The van der Waals surface area contributed by atoms with Crippen LogP contribution in [0.5, 0.6) is 0 Å². The molecule has 0 radical (unpaired) electrons. The van der Waals surface area contributed by atoms with Crippen molar-refractivity contribution in [3.63, 3.8) is 0 Å². The lowest BCUT2D eigenvalue weighted by Crippen LogP contribution is -2.59. The van der Waals surface area contributed by atoms with Crippen LogP contribution < -0.4 is 20.9 Å². The molecule has 34 heavy (non-hydrogen) atoms. The van der Waals surface area contributed by atoms with E-state index in [0.29, 0.717) is 35.3 Å². The van der Waals surface area contributed by atoms with Crippen molar-refractivity contribution in [2.45, 2.75) is 38.8 Å². The molecular weight excluding hydrogens is 450 g/mol. The molecule has 2 fully saturated rings. The number of nitrogens with one attached hydrogen (secondary N) is 1. The fraction of sp³-hybridized carbons (Fsp3) is 0.480. The number of nitrogens with two attached hydrogens (primary N) is 1. The number of urea groups is 1. The Morgan fingerprint density at radius 1 is 1.21 bits per heavy atom. The van der Waals surface area contributed by atoms with E-state index < -0.39 is 0 Å². The summed E-state index contributed by atoms with van der Waals surface area (Å²) in [5.41, 5.74) is 7.90. The topological polar surface area (TPSA) is 102 Å². The van der Waals surface area contributed by atoms with Gasteiger partial charge in [0, 0.05) is 44.0 Å². The number of piperidine rings is 1. The van der Waals surface area contributed by atoms with Gasteiger partial charge in [-0.25, -0.2) is 9.78 Å². The zero-order valence-electron chi connectivity index (χ0n) is 19.7. The second-order valence-electron chi connectivity index (χ2n) is 9.28. The lowest BCUT2D eigenvalue weighted by atomic mass is 9.97. The average molecular weight is 482 g/mol. The first-order valence-electron chi connectivity index (χ1n) is 11.8. The molecule has 0 unspecified atom stereocenters. The fourth-order valence-electron chi connectivity index (χ4n) is 4.78. The Bertz CT molecular complexity index is 1050. The molecule has 0 spiro atoms. The first-order valence-corrected chi connectivity index (χ1v) is 12.2. The summed E-state index contributed by atoms with van der Waals surface area (Å²) in [7, 11) is 0. The Morgan fingerprint density at radius 3 is 2.59 bits per heavy atom. The Labute approximate surface area is 206 Å². The Hall–Kier alpha value is -3.02. The van der Waals surface area contributed by atoms with Gasteiger partial charge in [0.2, 0.25) is 0 Å². The highest BCUT2D eigenvalue weighted by molar-refractivity contribution is 6.32. The summed E-state index contributed by atoms with van der Waals surface area (Å²) in [4.78, 5) is 24.0. The van der Waals surface area contributed by atoms with Gasteiger partial charge in [0.25, 0.3) is 0 Å². The van der Waals surface area contributed by atoms with E-state index in [2.05, 4.69) is 33.1 Å². The first kappa shape index (κ1) is 24.1. The molecular formula is C25H32ClN7O. The van der Waals surface area contributed by atoms with Crippen molar-refractivity contribution in [2.24, 2.45) is 11.7 Å². The van der Waals surface area contributed by atoms with E-state index in [1.807, 2.05) is 36.1 Å². The number of halogens is 1. The molecule has 2 aliphatic rings. The van der Waals surface area contributed by atoms with Crippen LogP contribution in [0.1, 0.15) is 32.3 Å². The van der Waals surface area contributed by atoms with Crippen molar-refractivity contribution in [3.05, 3.63) is 47.1 Å². The van der Waals surface area contributed by atoms with Gasteiger partial charge in [-0.2, -0.15) is 5.26 Å². The van der Waals surface area contributed by atoms with Crippen LogP contribution in [-0.4, -0.2) is 60.7 Å². The number of hydrogen-bond acceptors (Lipinski definition) is 6. The summed E-state index contributed by atoms with van der Waals surface area (Å²) in [6.07, 6.45) is 3.91. The van der Waals surface area contributed by atoms with Gasteiger partial charge in [0.15, 0.2) is 0 Å². The molecule has 1 aromatic heterocycles. The van der Waals surface area contributed by atoms with Gasteiger partial charge in [-0.05, 0) is 69.5 Å². The molecule has 4 rings (SSSR count). The minimum absolute atomic E-state index is 0.00157. The molecule has 3 N–H and O–H groups in total. The smallest absolute Gasteiger partial charge is 0.322 e. The van der Waals surface area contributed by atoms with Crippen molar-refractivity contribution >= 4 is 34.8 Å². The molecule has 0 bridgehead atoms. The minimum atomic E-state index is -0.129. The summed E-state index contributed by atoms with van der Waals surface area (Å²) in [5, 5.41) is 12.6. The van der Waals surface area contributed by atoms with Crippen LogP contribution in [0.25, 0.3) is 0 Å². The van der Waals surface area contributed by atoms with Crippen LogP contribution in [0, 0.1) is 17.2 Å². The monoisotopic (exact) mass is 481 g/mol. The van der Waals surface area contributed by atoms with Gasteiger partial charge in [-0.1, -0.05) is 11.6 Å². The van der Waals surface area contributed by atoms with Crippen LogP contribution in [0.3, 0.4) is 0 Å². The van der Waals surface area contributed by atoms with Gasteiger partial charge >= 0.3 is 6.03 Å². The summed E-state index contributed by atoms with van der Waals surface area (Å²) >= 11 is 6.24. The first-order chi connectivity index (χ1) is 16.4. The van der Waals surface area contributed by atoms with Crippen LogP contribution >= 0.6 is 11.6 Å². The number of carbonyl (C=O) groups excluding carboxylic acids is 1. The molecule has 2 amide bonds. The Balaban J connectivity index is 1.36. The van der Waals surface area contributed by atoms with E-state index in [1.165, 1.54) is 0 Å². The second kappa shape index (κ2) is 10.5. The van der Waals surface area contributed by atoms with Crippen LogP contribution in [0.15, 0.2) is 36.5 Å². The molecule has 2 aromatic rings. The molecule has 9 heteroatoms. The van der Waals surface area contributed by atoms with Crippen molar-refractivity contribution in [2.75, 3.05) is 47.8 Å². The van der Waals surface area contributed by atoms with E-state index in [4.69, 9.17) is 22.6 Å². The number of aromatic nitrogens is 1. The number of hydrogen-bond donors (Lipinski definition) is 2. The van der Waals surface area contributed by atoms with E-state index in [0.717, 1.165) is 44.0 Å². The molecule has 2 saturated heterocycles. The maximum Gasteiger partial charge on any atom is 0.322 e. The molecule has 0 saturated carbocycles. The third kappa shape index (κ3) is 5.21. The van der Waals surface area contributed by atoms with Gasteiger partial charge in [-0.15, -0.1) is 0 Å². The number of carbonyl (C=O) groups is 1. The van der Waals surface area contributed by atoms with Crippen LogP contribution in [0.4, 0.5) is 22.0 Å². The van der Waals surface area contributed by atoms with E-state index in [-0.39, 0.29) is 18.1 Å². The van der Waals surface area contributed by atoms with E-state index in [9.17, 15) is 4.79 Å². The van der Waals surface area contributed by atoms with Crippen molar-refractivity contribution in [1.29, 1.82) is 5.26 Å². The summed E-state index contributed by atoms with van der Waals surface area (Å²) in [6, 6.07) is 11.4. The number of piperazine rings is 1. The highest BCUT2D eigenvalue weighted by Gasteiger charge is 2.32. The zero-order valence-corrected chi connectivity index (χ0v) is 20.5. The zero-order chi connectivity index (χ0) is 24.2.